The van der Waals surface area contributed by atoms with Gasteiger partial charge in [-0.3, -0.25) is 24.0 Å². The molecule has 44 heavy (non-hydrogen) atoms. The Morgan fingerprint density at radius 3 is 1.48 bits per heavy atom. The summed E-state index contributed by atoms with van der Waals surface area (Å²) >= 11 is 0. The van der Waals surface area contributed by atoms with Crippen LogP contribution in [-0.2, 0) is 30.4 Å². The van der Waals surface area contributed by atoms with Crippen LogP contribution >= 0.6 is 0 Å². The van der Waals surface area contributed by atoms with Crippen LogP contribution in [0.15, 0.2) is 30.3 Å². The van der Waals surface area contributed by atoms with Gasteiger partial charge in [0, 0.05) is 20.5 Å². The first-order chi connectivity index (χ1) is 20.5. The maximum Gasteiger partial charge on any atom is 0.245 e. The van der Waals surface area contributed by atoms with E-state index >= 15 is 0 Å². The lowest BCUT2D eigenvalue weighted by atomic mass is 9.97. The van der Waals surface area contributed by atoms with Gasteiger partial charge in [0.1, 0.15) is 30.2 Å². The van der Waals surface area contributed by atoms with E-state index in [4.69, 9.17) is 0 Å². The maximum atomic E-state index is 14.2. The number of likely N-dealkylation sites (N-methyl/N-ethyl adjacent to an activating group) is 2. The van der Waals surface area contributed by atoms with Crippen molar-refractivity contribution in [1.29, 1.82) is 0 Å². The van der Waals surface area contributed by atoms with E-state index in [1.807, 2.05) is 85.7 Å². The van der Waals surface area contributed by atoms with Crippen LogP contribution in [0.1, 0.15) is 80.2 Å². The Labute approximate surface area is 264 Å². The number of carbonyl (C=O) groups is 5. The van der Waals surface area contributed by atoms with Crippen LogP contribution in [0.25, 0.3) is 0 Å². The zero-order valence-electron chi connectivity index (χ0n) is 28.3. The van der Waals surface area contributed by atoms with Gasteiger partial charge in [0.25, 0.3) is 0 Å². The fraction of sp³-hybridized carbons (Fsp3) is 0.676. The van der Waals surface area contributed by atoms with Crippen LogP contribution in [0, 0.1) is 23.7 Å². The fourth-order valence-corrected chi connectivity index (χ4v) is 5.63. The SMILES string of the molecule is CC(C)C[C@@H]1NC(=O)[C@H](C(C)C)NC(=O)[C@H](CC(C)C)N(C)C(=O)[C@H](Cc2ccccc2)NC(=O)[C@H](CC(C)C)N(C)C1=O. The second kappa shape index (κ2) is 16.6. The highest BCUT2D eigenvalue weighted by Crippen LogP contribution is 2.19. The van der Waals surface area contributed by atoms with Crippen molar-refractivity contribution in [3.05, 3.63) is 35.9 Å². The molecular formula is C34H55N5O5. The number of nitrogens with zero attached hydrogens (tertiary/aromatic N) is 2. The summed E-state index contributed by atoms with van der Waals surface area (Å²) in [4.78, 5) is 72.5. The van der Waals surface area contributed by atoms with E-state index in [0.29, 0.717) is 19.3 Å². The van der Waals surface area contributed by atoms with Crippen molar-refractivity contribution in [3.63, 3.8) is 0 Å². The number of benzene rings is 1. The minimum Gasteiger partial charge on any atom is -0.342 e. The summed E-state index contributed by atoms with van der Waals surface area (Å²) < 4.78 is 0. The van der Waals surface area contributed by atoms with E-state index in [2.05, 4.69) is 16.0 Å². The van der Waals surface area contributed by atoms with Gasteiger partial charge in [0.2, 0.25) is 29.5 Å². The molecule has 5 amide bonds. The van der Waals surface area contributed by atoms with Crippen molar-refractivity contribution in [2.24, 2.45) is 23.7 Å². The predicted octanol–water partition coefficient (Wildman–Crippen LogP) is 3.15. The molecule has 1 heterocycles. The van der Waals surface area contributed by atoms with Crippen molar-refractivity contribution in [3.8, 4) is 0 Å². The molecule has 1 fully saturated rings. The van der Waals surface area contributed by atoms with E-state index in [9.17, 15) is 24.0 Å². The average molecular weight is 614 g/mol. The van der Waals surface area contributed by atoms with Gasteiger partial charge in [-0.15, -0.1) is 0 Å². The van der Waals surface area contributed by atoms with Crippen molar-refractivity contribution in [2.75, 3.05) is 14.1 Å². The molecule has 0 saturated carbocycles. The molecule has 0 spiro atoms. The summed E-state index contributed by atoms with van der Waals surface area (Å²) in [7, 11) is 3.15. The third-order valence-electron chi connectivity index (χ3n) is 8.09. The number of carbonyl (C=O) groups excluding carboxylic acids is 5. The summed E-state index contributed by atoms with van der Waals surface area (Å²) in [5.74, 6) is -2.28. The van der Waals surface area contributed by atoms with Gasteiger partial charge in [0.15, 0.2) is 0 Å². The first kappa shape index (κ1) is 36.8. The molecule has 1 aromatic rings. The van der Waals surface area contributed by atoms with Crippen LogP contribution in [0.3, 0.4) is 0 Å². The fourth-order valence-electron chi connectivity index (χ4n) is 5.63. The van der Waals surface area contributed by atoms with Crippen LogP contribution < -0.4 is 16.0 Å². The third kappa shape index (κ3) is 10.3. The first-order valence-corrected chi connectivity index (χ1v) is 16.0. The van der Waals surface area contributed by atoms with Crippen LogP contribution in [0.4, 0.5) is 0 Å². The van der Waals surface area contributed by atoms with Gasteiger partial charge in [-0.2, -0.15) is 0 Å². The van der Waals surface area contributed by atoms with E-state index < -0.39 is 59.7 Å². The first-order valence-electron chi connectivity index (χ1n) is 16.0. The maximum absolute atomic E-state index is 14.2. The third-order valence-corrected chi connectivity index (χ3v) is 8.09. The molecule has 0 radical (unpaired) electrons. The minimum atomic E-state index is -0.979. The topological polar surface area (TPSA) is 128 Å². The number of amides is 5. The number of nitrogens with one attached hydrogen (secondary N) is 3. The summed E-state index contributed by atoms with van der Waals surface area (Å²) in [6, 6.07) is 4.83. The molecule has 0 aromatic heterocycles. The number of rotatable bonds is 9. The van der Waals surface area contributed by atoms with Gasteiger partial charge >= 0.3 is 0 Å². The molecule has 5 atom stereocenters. The Bertz CT molecular complexity index is 1140. The smallest absolute Gasteiger partial charge is 0.245 e. The summed E-state index contributed by atoms with van der Waals surface area (Å²) in [5, 5.41) is 8.75. The van der Waals surface area contributed by atoms with E-state index in [-0.39, 0.29) is 30.1 Å². The lowest BCUT2D eigenvalue weighted by molar-refractivity contribution is -0.145. The molecule has 1 aliphatic rings. The summed E-state index contributed by atoms with van der Waals surface area (Å²) in [5.41, 5.74) is 0.846. The van der Waals surface area contributed by atoms with Crippen LogP contribution in [-0.4, -0.2) is 83.6 Å². The highest BCUT2D eigenvalue weighted by atomic mass is 16.2. The second-order valence-electron chi connectivity index (χ2n) is 13.9. The Balaban J connectivity index is 2.72. The average Bonchev–Trinajstić information content (AvgIpc) is 2.94. The predicted molar refractivity (Wildman–Crippen MR) is 172 cm³/mol. The Morgan fingerprint density at radius 2 is 1.02 bits per heavy atom. The highest BCUT2D eigenvalue weighted by Gasteiger charge is 2.39. The van der Waals surface area contributed by atoms with Crippen LogP contribution in [0.5, 0.6) is 0 Å². The Hall–Kier alpha value is -3.43. The molecule has 3 N–H and O–H groups in total. The molecule has 1 aliphatic heterocycles. The number of hydrogen-bond donors (Lipinski definition) is 3. The normalized spacial score (nSPS) is 24.9. The molecule has 1 aromatic carbocycles. The zero-order chi connectivity index (χ0) is 33.3. The molecule has 10 heteroatoms. The number of hydrogen-bond acceptors (Lipinski definition) is 5. The summed E-state index contributed by atoms with van der Waals surface area (Å²) in [6.45, 7) is 15.4. The Kier molecular flexibility index (Phi) is 13.9. The molecule has 1 saturated heterocycles. The van der Waals surface area contributed by atoms with E-state index in [1.54, 1.807) is 14.1 Å². The molecule has 246 valence electrons. The van der Waals surface area contributed by atoms with E-state index in [0.717, 1.165) is 5.56 Å². The highest BCUT2D eigenvalue weighted by molar-refractivity contribution is 5.98. The van der Waals surface area contributed by atoms with Gasteiger partial charge in [-0.05, 0) is 48.5 Å². The molecule has 0 aliphatic carbocycles. The van der Waals surface area contributed by atoms with Gasteiger partial charge in [-0.1, -0.05) is 85.7 Å². The minimum absolute atomic E-state index is 0.0636. The molecule has 10 nitrogen and oxygen atoms in total. The monoisotopic (exact) mass is 613 g/mol. The summed E-state index contributed by atoms with van der Waals surface area (Å²) in [6.07, 6.45) is 1.29. The largest absolute Gasteiger partial charge is 0.342 e. The van der Waals surface area contributed by atoms with Crippen molar-refractivity contribution < 1.29 is 24.0 Å². The van der Waals surface area contributed by atoms with Crippen molar-refractivity contribution in [2.45, 2.75) is 111 Å². The zero-order valence-corrected chi connectivity index (χ0v) is 28.3. The Morgan fingerprint density at radius 1 is 0.591 bits per heavy atom. The van der Waals surface area contributed by atoms with Gasteiger partial charge in [-0.25, -0.2) is 0 Å². The molecule has 0 unspecified atom stereocenters. The lowest BCUT2D eigenvalue weighted by Crippen LogP contribution is -2.59. The molecule has 2 rings (SSSR count). The quantitative estimate of drug-likeness (QED) is 0.394. The van der Waals surface area contributed by atoms with Crippen LogP contribution in [0.2, 0.25) is 0 Å². The second-order valence-corrected chi connectivity index (χ2v) is 13.9. The standard InChI is InChI=1S/C34H55N5O5/c1-20(2)16-25-33(43)38(9)27(17-21(3)4)30(40)35-26(19-24-14-12-11-13-15-24)34(44)39(10)28(18-22(5)6)31(41)37-29(23(7)8)32(42)36-25/h11-15,20-23,25-29H,16-19H2,1-10H3,(H,35,40)(H,36,42)(H,37,41)/t25-,26-,27-,28-,29-/m0/s1. The van der Waals surface area contributed by atoms with Crippen molar-refractivity contribution >= 4 is 29.5 Å². The van der Waals surface area contributed by atoms with Gasteiger partial charge < -0.3 is 25.8 Å². The molecular weight excluding hydrogens is 558 g/mol. The lowest BCUT2D eigenvalue weighted by Gasteiger charge is -2.34. The molecule has 0 bridgehead atoms. The van der Waals surface area contributed by atoms with Gasteiger partial charge in [0.05, 0.1) is 0 Å². The van der Waals surface area contributed by atoms with E-state index in [1.165, 1.54) is 9.80 Å². The van der Waals surface area contributed by atoms with Crippen molar-refractivity contribution in [1.82, 2.24) is 25.8 Å².